The molecule has 0 aliphatic rings. The molecule has 116 valence electrons. The molecule has 2 aromatic carbocycles. The molecule has 2 rings (SSSR count). The van der Waals surface area contributed by atoms with Gasteiger partial charge in [0.15, 0.2) is 0 Å². The lowest BCUT2D eigenvalue weighted by Gasteiger charge is -2.15. The summed E-state index contributed by atoms with van der Waals surface area (Å²) in [6, 6.07) is 12.8. The predicted molar refractivity (Wildman–Crippen MR) is 99.2 cm³/mol. The van der Waals surface area contributed by atoms with E-state index in [9.17, 15) is 4.79 Å². The Morgan fingerprint density at radius 3 is 2.50 bits per heavy atom. The maximum absolute atomic E-state index is 12.4. The lowest BCUT2D eigenvalue weighted by Crippen LogP contribution is -2.24. The molecule has 2 aromatic rings. The van der Waals surface area contributed by atoms with Crippen molar-refractivity contribution in [2.75, 3.05) is 5.32 Å². The Bertz CT molecular complexity index is 664. The molecule has 6 heteroatoms. The number of carbonyl (C=O) groups is 1. The van der Waals surface area contributed by atoms with Crippen molar-refractivity contribution in [3.05, 3.63) is 57.0 Å². The largest absolute Gasteiger partial charge is 0.325 e. The van der Waals surface area contributed by atoms with Crippen molar-refractivity contribution in [3.63, 3.8) is 0 Å². The number of hydrogen-bond acceptors (Lipinski definition) is 2. The van der Waals surface area contributed by atoms with Crippen molar-refractivity contribution in [1.82, 2.24) is 0 Å². The normalized spacial score (nSPS) is 12.0. The van der Waals surface area contributed by atoms with Gasteiger partial charge in [-0.15, -0.1) is 11.8 Å². The summed E-state index contributed by atoms with van der Waals surface area (Å²) >= 11 is 16.8. The summed E-state index contributed by atoms with van der Waals surface area (Å²) in [6.45, 7) is 1.99. The van der Waals surface area contributed by atoms with Crippen molar-refractivity contribution in [1.29, 1.82) is 0 Å². The van der Waals surface area contributed by atoms with E-state index in [2.05, 4.69) is 21.2 Å². The quantitative estimate of drug-likeness (QED) is 0.580. The molecule has 22 heavy (non-hydrogen) atoms. The van der Waals surface area contributed by atoms with E-state index in [0.29, 0.717) is 15.7 Å². The molecule has 0 unspecified atom stereocenters. The van der Waals surface area contributed by atoms with E-state index in [-0.39, 0.29) is 11.2 Å². The zero-order chi connectivity index (χ0) is 16.1. The van der Waals surface area contributed by atoms with Gasteiger partial charge in [0.05, 0.1) is 10.3 Å². The van der Waals surface area contributed by atoms with Crippen LogP contribution in [0.2, 0.25) is 10.0 Å². The van der Waals surface area contributed by atoms with Crippen LogP contribution in [0.25, 0.3) is 0 Å². The molecule has 0 spiro atoms. The average Bonchev–Trinajstić information content (AvgIpc) is 2.50. The van der Waals surface area contributed by atoms with E-state index >= 15 is 0 Å². The second-order valence-electron chi connectivity index (χ2n) is 4.59. The van der Waals surface area contributed by atoms with Crippen molar-refractivity contribution < 1.29 is 4.79 Å². The molecule has 0 saturated heterocycles. The molecule has 0 bridgehead atoms. The molecular weight excluding hydrogens is 405 g/mol. The molecule has 0 fully saturated rings. The molecule has 0 aliphatic heterocycles. The molecule has 1 N–H and O–H groups in total. The summed E-state index contributed by atoms with van der Waals surface area (Å²) in [4.78, 5) is 13.4. The van der Waals surface area contributed by atoms with Gasteiger partial charge in [-0.25, -0.2) is 0 Å². The number of amides is 1. The topological polar surface area (TPSA) is 29.1 Å². The third-order valence-electron chi connectivity index (χ3n) is 2.94. The number of anilines is 1. The van der Waals surface area contributed by atoms with Gasteiger partial charge in [-0.1, -0.05) is 30.1 Å². The summed E-state index contributed by atoms with van der Waals surface area (Å²) in [6.07, 6.45) is 0.726. The summed E-state index contributed by atoms with van der Waals surface area (Å²) in [5, 5.41) is 3.98. The molecule has 1 atom stereocenters. The van der Waals surface area contributed by atoms with Gasteiger partial charge in [0, 0.05) is 20.1 Å². The highest BCUT2D eigenvalue weighted by Gasteiger charge is 2.18. The number of benzene rings is 2. The van der Waals surface area contributed by atoms with Gasteiger partial charge in [-0.3, -0.25) is 4.79 Å². The van der Waals surface area contributed by atoms with Crippen LogP contribution in [0.15, 0.2) is 51.8 Å². The van der Waals surface area contributed by atoms with Crippen molar-refractivity contribution in [2.45, 2.75) is 23.5 Å². The lowest BCUT2D eigenvalue weighted by molar-refractivity contribution is -0.115. The van der Waals surface area contributed by atoms with Crippen molar-refractivity contribution in [3.8, 4) is 0 Å². The van der Waals surface area contributed by atoms with E-state index in [4.69, 9.17) is 23.2 Å². The van der Waals surface area contributed by atoms with E-state index in [1.807, 2.05) is 43.3 Å². The van der Waals surface area contributed by atoms with Gasteiger partial charge < -0.3 is 5.32 Å². The number of thioether (sulfide) groups is 1. The molecule has 1 amide bonds. The molecule has 0 radical (unpaired) electrons. The Morgan fingerprint density at radius 2 is 1.91 bits per heavy atom. The Balaban J connectivity index is 2.04. The fraction of sp³-hybridized carbons (Fsp3) is 0.188. The smallest absolute Gasteiger partial charge is 0.237 e. The maximum Gasteiger partial charge on any atom is 0.237 e. The van der Waals surface area contributed by atoms with E-state index in [0.717, 1.165) is 15.8 Å². The van der Waals surface area contributed by atoms with Crippen LogP contribution in [0.3, 0.4) is 0 Å². The Morgan fingerprint density at radius 1 is 1.23 bits per heavy atom. The lowest BCUT2D eigenvalue weighted by atomic mass is 10.2. The minimum absolute atomic E-state index is 0.0409. The first-order valence-corrected chi connectivity index (χ1v) is 9.10. The first kappa shape index (κ1) is 17.7. The van der Waals surface area contributed by atoms with Gasteiger partial charge in [0.1, 0.15) is 0 Å². The highest BCUT2D eigenvalue weighted by Crippen LogP contribution is 2.29. The Labute approximate surface area is 152 Å². The molecular formula is C16H14BrCl2NOS. The number of hydrogen-bond donors (Lipinski definition) is 1. The van der Waals surface area contributed by atoms with E-state index in [1.54, 1.807) is 6.07 Å². The van der Waals surface area contributed by atoms with Crippen LogP contribution in [0.4, 0.5) is 5.69 Å². The number of halogens is 3. The minimum atomic E-state index is -0.177. The summed E-state index contributed by atoms with van der Waals surface area (Å²) in [5.74, 6) is -0.0409. The third-order valence-corrected chi connectivity index (χ3v) is 5.80. The van der Waals surface area contributed by atoms with Crippen LogP contribution in [0.5, 0.6) is 0 Å². The number of rotatable bonds is 5. The molecule has 0 saturated carbocycles. The van der Waals surface area contributed by atoms with Gasteiger partial charge in [-0.05, 0) is 64.8 Å². The first-order valence-electron chi connectivity index (χ1n) is 6.67. The number of nitrogens with one attached hydrogen (secondary N) is 1. The van der Waals surface area contributed by atoms with Gasteiger partial charge in [0.2, 0.25) is 5.91 Å². The zero-order valence-electron chi connectivity index (χ0n) is 11.8. The number of carbonyl (C=O) groups excluding carboxylic acids is 1. The fourth-order valence-electron chi connectivity index (χ4n) is 1.80. The van der Waals surface area contributed by atoms with Crippen molar-refractivity contribution in [2.24, 2.45) is 0 Å². The summed E-state index contributed by atoms with van der Waals surface area (Å²) < 4.78 is 0.801. The Kier molecular flexibility index (Phi) is 6.63. The van der Waals surface area contributed by atoms with Crippen LogP contribution >= 0.6 is 50.9 Å². The predicted octanol–water partition coefficient (Wildman–Crippen LogP) is 6.27. The van der Waals surface area contributed by atoms with Crippen molar-refractivity contribution >= 4 is 62.5 Å². The van der Waals surface area contributed by atoms with Gasteiger partial charge in [0.25, 0.3) is 0 Å². The molecule has 0 heterocycles. The highest BCUT2D eigenvalue weighted by atomic mass is 79.9. The molecule has 0 aromatic heterocycles. The summed E-state index contributed by atoms with van der Waals surface area (Å²) in [7, 11) is 0. The van der Waals surface area contributed by atoms with Crippen LogP contribution in [-0.4, -0.2) is 11.2 Å². The second-order valence-corrected chi connectivity index (χ2v) is 7.56. The summed E-state index contributed by atoms with van der Waals surface area (Å²) in [5.41, 5.74) is 0.688. The second kappa shape index (κ2) is 8.25. The van der Waals surface area contributed by atoms with Crippen LogP contribution < -0.4 is 5.32 Å². The minimum Gasteiger partial charge on any atom is -0.325 e. The Hall–Kier alpha value is -0.680. The van der Waals surface area contributed by atoms with E-state index in [1.165, 1.54) is 11.8 Å². The average molecular weight is 419 g/mol. The highest BCUT2D eigenvalue weighted by molar-refractivity contribution is 9.10. The zero-order valence-corrected chi connectivity index (χ0v) is 15.7. The third kappa shape index (κ3) is 4.92. The monoisotopic (exact) mass is 417 g/mol. The van der Waals surface area contributed by atoms with E-state index < -0.39 is 0 Å². The van der Waals surface area contributed by atoms with Crippen LogP contribution in [-0.2, 0) is 4.79 Å². The van der Waals surface area contributed by atoms with Crippen LogP contribution in [0, 0.1) is 0 Å². The maximum atomic E-state index is 12.4. The fourth-order valence-corrected chi connectivity index (χ4v) is 3.30. The first-order chi connectivity index (χ1) is 10.5. The SMILES string of the molecule is CC[C@H](Sc1ccc(Cl)cc1)C(=O)Nc1ccc(Br)c(Cl)c1. The standard InChI is InChI=1S/C16H14BrCl2NOS/c1-2-15(22-12-6-3-10(18)4-7-12)16(21)20-11-5-8-13(17)14(19)9-11/h3-9,15H,2H2,1H3,(H,20,21)/t15-/m0/s1. The molecule has 0 aliphatic carbocycles. The van der Waals surface area contributed by atoms with Gasteiger partial charge in [-0.2, -0.15) is 0 Å². The van der Waals surface area contributed by atoms with Crippen LogP contribution in [0.1, 0.15) is 13.3 Å². The van der Waals surface area contributed by atoms with Gasteiger partial charge >= 0.3 is 0 Å². The molecule has 2 nitrogen and oxygen atoms in total.